The number of carboxylic acid groups (broad SMARTS) is 1. The molecule has 1 N–H and O–H groups in total. The monoisotopic (exact) mass is 508 g/mol. The largest absolute Gasteiger partial charge is 0.497 e. The molecule has 0 atom stereocenters. The van der Waals surface area contributed by atoms with E-state index < -0.39 is 5.97 Å². The van der Waals surface area contributed by atoms with E-state index in [2.05, 4.69) is 17.0 Å². The topological polar surface area (TPSA) is 82.8 Å². The van der Waals surface area contributed by atoms with Gasteiger partial charge in [-0.25, -0.2) is 4.79 Å². The second-order valence-corrected chi connectivity index (χ2v) is 9.02. The van der Waals surface area contributed by atoms with Crippen molar-refractivity contribution in [3.05, 3.63) is 106 Å². The Morgan fingerprint density at radius 1 is 0.784 bits per heavy atom. The maximum Gasteiger partial charge on any atom is 0.346 e. The molecular weight excluding hydrogens is 484 g/mol. The van der Waals surface area contributed by atoms with Gasteiger partial charge in [0.1, 0.15) is 23.1 Å². The summed E-state index contributed by atoms with van der Waals surface area (Å²) >= 11 is 1.42. The van der Waals surface area contributed by atoms with Crippen LogP contribution >= 0.6 is 11.3 Å². The van der Waals surface area contributed by atoms with Gasteiger partial charge in [-0.3, -0.25) is 0 Å². The standard InChI is InChI=1S/C30H24N2O4S/c1-35-26-12-8-24(9-13-26)32(25-10-14-27(36-2)15-11-25)23-6-3-21(4-7-23)5-16-28-17-18-29(37-28)19-22(20-31)30(33)34/h3-19H,1-2H3,(H,33,34)/b16-5+,22-19+. The summed E-state index contributed by atoms with van der Waals surface area (Å²) in [7, 11) is 3.30. The lowest BCUT2D eigenvalue weighted by atomic mass is 10.1. The Balaban J connectivity index is 1.58. The Morgan fingerprint density at radius 3 is 1.73 bits per heavy atom. The summed E-state index contributed by atoms with van der Waals surface area (Å²) < 4.78 is 10.6. The number of aliphatic carboxylic acids is 1. The first-order valence-electron chi connectivity index (χ1n) is 11.3. The van der Waals surface area contributed by atoms with Crippen molar-refractivity contribution < 1.29 is 19.4 Å². The fourth-order valence-corrected chi connectivity index (χ4v) is 4.50. The predicted molar refractivity (Wildman–Crippen MR) is 149 cm³/mol. The molecule has 0 bridgehead atoms. The van der Waals surface area contributed by atoms with E-state index in [-0.39, 0.29) is 5.57 Å². The van der Waals surface area contributed by atoms with Crippen LogP contribution < -0.4 is 14.4 Å². The predicted octanol–water partition coefficient (Wildman–Crippen LogP) is 7.40. The smallest absolute Gasteiger partial charge is 0.346 e. The highest BCUT2D eigenvalue weighted by atomic mass is 32.1. The van der Waals surface area contributed by atoms with E-state index in [9.17, 15) is 4.79 Å². The average molecular weight is 509 g/mol. The Labute approximate surface area is 219 Å². The number of rotatable bonds is 9. The van der Waals surface area contributed by atoms with Crippen molar-refractivity contribution >= 4 is 52.6 Å². The van der Waals surface area contributed by atoms with Crippen LogP contribution in [0.3, 0.4) is 0 Å². The van der Waals surface area contributed by atoms with Gasteiger partial charge in [0.05, 0.1) is 14.2 Å². The molecule has 1 aromatic heterocycles. The number of benzene rings is 3. The van der Waals surface area contributed by atoms with Crippen LogP contribution in [0.4, 0.5) is 17.1 Å². The van der Waals surface area contributed by atoms with Gasteiger partial charge in [0, 0.05) is 26.8 Å². The zero-order valence-electron chi connectivity index (χ0n) is 20.3. The Bertz CT molecular complexity index is 1410. The molecule has 184 valence electrons. The number of nitriles is 1. The molecule has 0 unspecified atom stereocenters. The van der Waals surface area contributed by atoms with Gasteiger partial charge in [0.25, 0.3) is 0 Å². The third-order valence-corrected chi connectivity index (χ3v) is 6.54. The highest BCUT2D eigenvalue weighted by Gasteiger charge is 2.13. The molecule has 1 heterocycles. The fraction of sp³-hybridized carbons (Fsp3) is 0.0667. The number of hydrogen-bond acceptors (Lipinski definition) is 6. The molecule has 7 heteroatoms. The molecule has 0 saturated carbocycles. The van der Waals surface area contributed by atoms with Gasteiger partial charge in [-0.15, -0.1) is 11.3 Å². The molecule has 0 aliphatic carbocycles. The van der Waals surface area contributed by atoms with Crippen LogP contribution in [0.25, 0.3) is 18.2 Å². The molecule has 4 aromatic rings. The first-order chi connectivity index (χ1) is 18.0. The normalized spacial score (nSPS) is 11.2. The molecule has 37 heavy (non-hydrogen) atoms. The van der Waals surface area contributed by atoms with Crippen molar-refractivity contribution in [1.29, 1.82) is 5.26 Å². The first-order valence-corrected chi connectivity index (χ1v) is 12.1. The maximum atomic E-state index is 11.1. The molecule has 0 radical (unpaired) electrons. The number of thiophene rings is 1. The lowest BCUT2D eigenvalue weighted by Crippen LogP contribution is -2.09. The summed E-state index contributed by atoms with van der Waals surface area (Å²) in [4.78, 5) is 14.9. The van der Waals surface area contributed by atoms with Gasteiger partial charge >= 0.3 is 5.97 Å². The van der Waals surface area contributed by atoms with Crippen LogP contribution in [0, 0.1) is 11.3 Å². The van der Waals surface area contributed by atoms with E-state index in [1.165, 1.54) is 17.4 Å². The summed E-state index contributed by atoms with van der Waals surface area (Å²) in [5.41, 5.74) is 3.71. The van der Waals surface area contributed by atoms with E-state index in [0.29, 0.717) is 4.88 Å². The third-order valence-electron chi connectivity index (χ3n) is 5.54. The maximum absolute atomic E-state index is 11.1. The van der Waals surface area contributed by atoms with Crippen molar-refractivity contribution in [2.45, 2.75) is 0 Å². The molecule has 0 fully saturated rings. The van der Waals surface area contributed by atoms with E-state index in [1.54, 1.807) is 26.4 Å². The molecule has 0 amide bonds. The van der Waals surface area contributed by atoms with E-state index in [0.717, 1.165) is 39.0 Å². The molecular formula is C30H24N2O4S. The molecule has 0 spiro atoms. The number of carbonyl (C=O) groups is 1. The van der Waals surface area contributed by atoms with Gasteiger partial charge in [0.15, 0.2) is 0 Å². The highest BCUT2D eigenvalue weighted by molar-refractivity contribution is 7.13. The average Bonchev–Trinajstić information content (AvgIpc) is 3.39. The quantitative estimate of drug-likeness (QED) is 0.187. The van der Waals surface area contributed by atoms with Crippen LogP contribution in [0.2, 0.25) is 0 Å². The minimum atomic E-state index is -1.23. The third kappa shape index (κ3) is 6.26. The van der Waals surface area contributed by atoms with Crippen LogP contribution in [0.1, 0.15) is 15.3 Å². The molecule has 0 aliphatic heterocycles. The zero-order chi connectivity index (χ0) is 26.2. The van der Waals surface area contributed by atoms with E-state index >= 15 is 0 Å². The summed E-state index contributed by atoms with van der Waals surface area (Å²) in [5, 5.41) is 18.0. The van der Waals surface area contributed by atoms with Crippen LogP contribution in [0.5, 0.6) is 11.5 Å². The Hall–Kier alpha value is -4.80. The van der Waals surface area contributed by atoms with Crippen molar-refractivity contribution in [2.75, 3.05) is 19.1 Å². The summed E-state index contributed by atoms with van der Waals surface area (Å²) in [6, 6.07) is 29.4. The fourth-order valence-electron chi connectivity index (χ4n) is 3.64. The summed E-state index contributed by atoms with van der Waals surface area (Å²) in [6.45, 7) is 0. The number of hydrogen-bond donors (Lipinski definition) is 1. The number of carboxylic acids is 1. The lowest BCUT2D eigenvalue weighted by Gasteiger charge is -2.26. The molecule has 0 saturated heterocycles. The number of methoxy groups -OCH3 is 2. The van der Waals surface area contributed by atoms with E-state index in [1.807, 2.05) is 78.9 Å². The van der Waals surface area contributed by atoms with Crippen LogP contribution in [-0.4, -0.2) is 25.3 Å². The first kappa shape index (κ1) is 25.3. The van der Waals surface area contributed by atoms with Gasteiger partial charge in [-0.2, -0.15) is 5.26 Å². The Morgan fingerprint density at radius 2 is 1.27 bits per heavy atom. The van der Waals surface area contributed by atoms with Crippen molar-refractivity contribution in [2.24, 2.45) is 0 Å². The second-order valence-electron chi connectivity index (χ2n) is 7.87. The number of ether oxygens (including phenoxy) is 2. The van der Waals surface area contributed by atoms with Gasteiger partial charge in [-0.05, 0) is 90.5 Å². The van der Waals surface area contributed by atoms with Crippen LogP contribution in [-0.2, 0) is 4.79 Å². The summed E-state index contributed by atoms with van der Waals surface area (Å²) in [5.74, 6) is 0.349. The second kappa shape index (κ2) is 11.8. The summed E-state index contributed by atoms with van der Waals surface area (Å²) in [6.07, 6.45) is 5.34. The van der Waals surface area contributed by atoms with Crippen molar-refractivity contribution in [3.8, 4) is 17.6 Å². The molecule has 3 aromatic carbocycles. The van der Waals surface area contributed by atoms with E-state index in [4.69, 9.17) is 19.8 Å². The van der Waals surface area contributed by atoms with Crippen LogP contribution in [0.15, 0.2) is 90.5 Å². The highest BCUT2D eigenvalue weighted by Crippen LogP contribution is 2.36. The number of nitrogens with zero attached hydrogens (tertiary/aromatic N) is 2. The molecule has 4 rings (SSSR count). The van der Waals surface area contributed by atoms with Crippen molar-refractivity contribution in [3.63, 3.8) is 0 Å². The lowest BCUT2D eigenvalue weighted by molar-refractivity contribution is -0.132. The van der Waals surface area contributed by atoms with Gasteiger partial charge in [0.2, 0.25) is 0 Å². The Kier molecular flexibility index (Phi) is 8.04. The van der Waals surface area contributed by atoms with Crippen molar-refractivity contribution in [1.82, 2.24) is 0 Å². The number of anilines is 3. The zero-order valence-corrected chi connectivity index (χ0v) is 21.1. The minimum absolute atomic E-state index is 0.286. The molecule has 0 aliphatic rings. The van der Waals surface area contributed by atoms with Gasteiger partial charge in [-0.1, -0.05) is 18.2 Å². The SMILES string of the molecule is COc1ccc(N(c2ccc(/C=C/c3ccc(/C=C(\C#N)C(=O)O)s3)cc2)c2ccc(OC)cc2)cc1. The minimum Gasteiger partial charge on any atom is -0.497 e. The molecule has 6 nitrogen and oxygen atoms in total. The van der Waals surface area contributed by atoms with Gasteiger partial charge < -0.3 is 19.5 Å².